The number of benzene rings is 1. The topological polar surface area (TPSA) is 62.3 Å². The predicted molar refractivity (Wildman–Crippen MR) is 52.8 cm³/mol. The van der Waals surface area contributed by atoms with Crippen molar-refractivity contribution in [1.82, 2.24) is 4.98 Å². The Morgan fingerprint density at radius 2 is 2.14 bits per heavy atom. The molecule has 2 rings (SSSR count). The molecule has 4 heteroatoms. The number of nitrogens with one attached hydrogen (secondary N) is 1. The summed E-state index contributed by atoms with van der Waals surface area (Å²) in [5.74, 6) is 0.409. The van der Waals surface area contributed by atoms with Crippen molar-refractivity contribution in [2.24, 2.45) is 0 Å². The van der Waals surface area contributed by atoms with Gasteiger partial charge in [0.2, 0.25) is 5.56 Å². The number of H-pyrrole nitrogens is 1. The fourth-order valence-electron chi connectivity index (χ4n) is 1.33. The highest BCUT2D eigenvalue weighted by molar-refractivity contribution is 5.82. The predicted octanol–water partition coefficient (Wildman–Crippen LogP) is 1.24. The molecule has 0 fully saturated rings. The van der Waals surface area contributed by atoms with E-state index in [4.69, 9.17) is 4.74 Å². The van der Waals surface area contributed by atoms with Crippen molar-refractivity contribution in [1.29, 1.82) is 0 Å². The Labute approximate surface area is 79.8 Å². The molecule has 0 aliphatic carbocycles. The van der Waals surface area contributed by atoms with E-state index >= 15 is 0 Å². The lowest BCUT2D eigenvalue weighted by atomic mass is 10.2. The number of pyridine rings is 1. The molecule has 0 saturated heterocycles. The van der Waals surface area contributed by atoms with Gasteiger partial charge in [-0.15, -0.1) is 0 Å². The second-order valence-corrected chi connectivity index (χ2v) is 2.93. The van der Waals surface area contributed by atoms with Crippen LogP contribution in [-0.2, 0) is 0 Å². The van der Waals surface area contributed by atoms with Crippen LogP contribution in [0.3, 0.4) is 0 Å². The maximum atomic E-state index is 11.0. The minimum atomic E-state index is -0.193. The summed E-state index contributed by atoms with van der Waals surface area (Å²) in [4.78, 5) is 13.6. The lowest BCUT2D eigenvalue weighted by Gasteiger charge is -2.04. The summed E-state index contributed by atoms with van der Waals surface area (Å²) in [5.41, 5.74) is 0.401. The van der Waals surface area contributed by atoms with Gasteiger partial charge in [-0.3, -0.25) is 4.79 Å². The maximum Gasteiger partial charge on any atom is 0.248 e. The SMILES string of the molecule is COc1cc2ccc(=O)[nH]c2cc1O. The van der Waals surface area contributed by atoms with Crippen LogP contribution >= 0.6 is 0 Å². The van der Waals surface area contributed by atoms with Crippen molar-refractivity contribution in [2.45, 2.75) is 0 Å². The molecule has 0 aliphatic rings. The summed E-state index contributed by atoms with van der Waals surface area (Å²) in [6.07, 6.45) is 0. The first kappa shape index (κ1) is 8.62. The average Bonchev–Trinajstić information content (AvgIpc) is 2.16. The van der Waals surface area contributed by atoms with Crippen LogP contribution in [-0.4, -0.2) is 17.2 Å². The van der Waals surface area contributed by atoms with E-state index in [1.54, 1.807) is 12.1 Å². The van der Waals surface area contributed by atoms with E-state index in [1.165, 1.54) is 19.2 Å². The molecule has 1 aromatic heterocycles. The normalized spacial score (nSPS) is 10.4. The van der Waals surface area contributed by atoms with Crippen LogP contribution < -0.4 is 10.3 Å². The highest BCUT2D eigenvalue weighted by Gasteiger charge is 2.03. The van der Waals surface area contributed by atoms with Gasteiger partial charge in [0, 0.05) is 17.5 Å². The van der Waals surface area contributed by atoms with E-state index in [1.807, 2.05) is 0 Å². The molecule has 0 spiro atoms. The number of aromatic nitrogens is 1. The third-order valence-corrected chi connectivity index (χ3v) is 2.02. The van der Waals surface area contributed by atoms with Crippen molar-refractivity contribution in [3.63, 3.8) is 0 Å². The zero-order valence-corrected chi connectivity index (χ0v) is 7.57. The summed E-state index contributed by atoms with van der Waals surface area (Å²) < 4.78 is 4.94. The summed E-state index contributed by atoms with van der Waals surface area (Å²) in [5, 5.41) is 10.3. The second kappa shape index (κ2) is 3.06. The Kier molecular flexibility index (Phi) is 1.89. The molecule has 1 aromatic carbocycles. The Morgan fingerprint density at radius 3 is 2.86 bits per heavy atom. The lowest BCUT2D eigenvalue weighted by molar-refractivity contribution is 0.374. The molecule has 72 valence electrons. The fourth-order valence-corrected chi connectivity index (χ4v) is 1.33. The van der Waals surface area contributed by atoms with Gasteiger partial charge in [-0.25, -0.2) is 0 Å². The summed E-state index contributed by atoms with van der Waals surface area (Å²) in [7, 11) is 1.48. The third-order valence-electron chi connectivity index (χ3n) is 2.02. The van der Waals surface area contributed by atoms with E-state index in [-0.39, 0.29) is 11.3 Å². The minimum Gasteiger partial charge on any atom is -0.504 e. The molecular formula is C10H9NO3. The van der Waals surface area contributed by atoms with Gasteiger partial charge in [-0.1, -0.05) is 0 Å². The van der Waals surface area contributed by atoms with Gasteiger partial charge >= 0.3 is 0 Å². The molecule has 0 amide bonds. The van der Waals surface area contributed by atoms with Crippen molar-refractivity contribution in [3.8, 4) is 11.5 Å². The number of aromatic amines is 1. The van der Waals surface area contributed by atoms with Crippen LogP contribution in [0, 0.1) is 0 Å². The van der Waals surface area contributed by atoms with E-state index in [2.05, 4.69) is 4.98 Å². The summed E-state index contributed by atoms with van der Waals surface area (Å²) in [6.45, 7) is 0. The Bertz CT molecular complexity index is 530. The number of phenolic OH excluding ortho intramolecular Hbond substituents is 1. The number of methoxy groups -OCH3 is 1. The molecule has 0 bridgehead atoms. The molecule has 2 N–H and O–H groups in total. The summed E-state index contributed by atoms with van der Waals surface area (Å²) in [6, 6.07) is 6.24. The number of ether oxygens (including phenoxy) is 1. The lowest BCUT2D eigenvalue weighted by Crippen LogP contribution is -2.02. The molecule has 0 saturated carbocycles. The monoisotopic (exact) mass is 191 g/mol. The van der Waals surface area contributed by atoms with Crippen molar-refractivity contribution >= 4 is 10.9 Å². The largest absolute Gasteiger partial charge is 0.504 e. The number of phenols is 1. The second-order valence-electron chi connectivity index (χ2n) is 2.93. The van der Waals surface area contributed by atoms with Gasteiger partial charge in [0.15, 0.2) is 11.5 Å². The molecule has 2 aromatic rings. The van der Waals surface area contributed by atoms with Gasteiger partial charge in [-0.05, 0) is 12.1 Å². The van der Waals surface area contributed by atoms with E-state index < -0.39 is 0 Å². The highest BCUT2D eigenvalue weighted by atomic mass is 16.5. The number of aromatic hydroxyl groups is 1. The van der Waals surface area contributed by atoms with Crippen LogP contribution in [0.2, 0.25) is 0 Å². The van der Waals surface area contributed by atoms with Crippen molar-refractivity contribution in [3.05, 3.63) is 34.6 Å². The zero-order valence-electron chi connectivity index (χ0n) is 7.57. The number of rotatable bonds is 1. The zero-order chi connectivity index (χ0) is 10.1. The minimum absolute atomic E-state index is 0.0156. The number of hydrogen-bond acceptors (Lipinski definition) is 3. The van der Waals surface area contributed by atoms with E-state index in [0.717, 1.165) is 5.39 Å². The molecule has 1 heterocycles. The molecule has 0 radical (unpaired) electrons. The van der Waals surface area contributed by atoms with Crippen LogP contribution in [0.1, 0.15) is 0 Å². The molecule has 4 nitrogen and oxygen atoms in total. The fraction of sp³-hybridized carbons (Fsp3) is 0.100. The van der Waals surface area contributed by atoms with Crippen LogP contribution in [0.25, 0.3) is 10.9 Å². The van der Waals surface area contributed by atoms with Crippen LogP contribution in [0.5, 0.6) is 11.5 Å². The van der Waals surface area contributed by atoms with Crippen LogP contribution in [0.15, 0.2) is 29.1 Å². The van der Waals surface area contributed by atoms with Gasteiger partial charge in [0.05, 0.1) is 12.6 Å². The first-order chi connectivity index (χ1) is 6.70. The number of hydrogen-bond donors (Lipinski definition) is 2. The van der Waals surface area contributed by atoms with Gasteiger partial charge < -0.3 is 14.8 Å². The molecule has 0 atom stereocenters. The number of fused-ring (bicyclic) bond motifs is 1. The van der Waals surface area contributed by atoms with Gasteiger partial charge in [0.1, 0.15) is 0 Å². The average molecular weight is 191 g/mol. The Hall–Kier alpha value is -1.97. The smallest absolute Gasteiger partial charge is 0.248 e. The Balaban J connectivity index is 2.79. The maximum absolute atomic E-state index is 11.0. The van der Waals surface area contributed by atoms with E-state index in [0.29, 0.717) is 11.3 Å². The van der Waals surface area contributed by atoms with Gasteiger partial charge in [-0.2, -0.15) is 0 Å². The van der Waals surface area contributed by atoms with Crippen molar-refractivity contribution < 1.29 is 9.84 Å². The standard InChI is InChI=1S/C10H9NO3/c1-14-9-4-6-2-3-10(13)11-7(6)5-8(9)12/h2-5,12H,1H3,(H,11,13). The first-order valence-corrected chi connectivity index (χ1v) is 4.11. The molecule has 14 heavy (non-hydrogen) atoms. The molecule has 0 aliphatic heterocycles. The van der Waals surface area contributed by atoms with Gasteiger partial charge in [0.25, 0.3) is 0 Å². The molecule has 0 unspecified atom stereocenters. The third kappa shape index (κ3) is 1.31. The van der Waals surface area contributed by atoms with Crippen molar-refractivity contribution in [2.75, 3.05) is 7.11 Å². The highest BCUT2D eigenvalue weighted by Crippen LogP contribution is 2.29. The molecular weight excluding hydrogens is 182 g/mol. The first-order valence-electron chi connectivity index (χ1n) is 4.11. The quantitative estimate of drug-likeness (QED) is 0.712. The summed E-state index contributed by atoms with van der Waals surface area (Å²) >= 11 is 0. The van der Waals surface area contributed by atoms with Crippen LogP contribution in [0.4, 0.5) is 0 Å². The van der Waals surface area contributed by atoms with E-state index in [9.17, 15) is 9.90 Å². The Morgan fingerprint density at radius 1 is 1.36 bits per heavy atom.